The van der Waals surface area contributed by atoms with E-state index in [0.717, 1.165) is 0 Å². The minimum Gasteiger partial charge on any atom is -0.467 e. The largest absolute Gasteiger partial charge is 0.467 e. The quantitative estimate of drug-likeness (QED) is 0.425. The zero-order valence-electron chi connectivity index (χ0n) is 5.76. The van der Waals surface area contributed by atoms with Crippen molar-refractivity contribution >= 4 is 17.4 Å². The molecule has 2 nitrogen and oxygen atoms in total. The van der Waals surface area contributed by atoms with Crippen molar-refractivity contribution in [2.24, 2.45) is 0 Å². The molecule has 0 spiro atoms. The molecule has 0 heterocycles. The number of thiocarbonyl (C=S) groups is 1. The second-order valence-electron chi connectivity index (χ2n) is 1.76. The summed E-state index contributed by atoms with van der Waals surface area (Å²) in [7, 11) is 3.68. The van der Waals surface area contributed by atoms with Crippen molar-refractivity contribution in [3.05, 3.63) is 12.7 Å². The number of hydrogen-bond acceptors (Lipinski definition) is 2. The van der Waals surface area contributed by atoms with Gasteiger partial charge < -0.3 is 9.64 Å². The molecular weight excluding hydrogens is 134 g/mol. The van der Waals surface area contributed by atoms with Crippen LogP contribution in [0.15, 0.2) is 12.7 Å². The van der Waals surface area contributed by atoms with Crippen LogP contribution in [0.3, 0.4) is 0 Å². The Kier molecular flexibility index (Phi) is 4.05. The van der Waals surface area contributed by atoms with Crippen molar-refractivity contribution in [3.63, 3.8) is 0 Å². The van der Waals surface area contributed by atoms with Gasteiger partial charge in [-0.15, -0.1) is 0 Å². The third-order valence-corrected chi connectivity index (χ3v) is 1.17. The second-order valence-corrected chi connectivity index (χ2v) is 2.11. The number of ether oxygens (including phenoxy) is 1. The lowest BCUT2D eigenvalue weighted by molar-refractivity contribution is 0.305. The van der Waals surface area contributed by atoms with Crippen LogP contribution in [0.2, 0.25) is 0 Å². The summed E-state index contributed by atoms with van der Waals surface area (Å²) < 4.78 is 4.99. The van der Waals surface area contributed by atoms with Gasteiger partial charge in [-0.05, 0) is 12.2 Å². The fourth-order valence-electron chi connectivity index (χ4n) is 0.259. The molecule has 0 aromatic heterocycles. The van der Waals surface area contributed by atoms with Gasteiger partial charge in [-0.1, -0.05) is 12.7 Å². The average Bonchev–Trinajstić information content (AvgIpc) is 1.82. The van der Waals surface area contributed by atoms with Gasteiger partial charge in [0, 0.05) is 14.1 Å². The molecular formula is C6H11NOS. The first kappa shape index (κ1) is 8.43. The summed E-state index contributed by atoms with van der Waals surface area (Å²) in [5.41, 5.74) is 0. The monoisotopic (exact) mass is 145 g/mol. The van der Waals surface area contributed by atoms with Crippen LogP contribution >= 0.6 is 12.2 Å². The first-order valence-corrected chi connectivity index (χ1v) is 3.04. The summed E-state index contributed by atoms with van der Waals surface area (Å²) >= 11 is 4.80. The van der Waals surface area contributed by atoms with E-state index in [2.05, 4.69) is 6.58 Å². The Morgan fingerprint density at radius 2 is 2.33 bits per heavy atom. The number of hydrogen-bond donors (Lipinski definition) is 0. The first-order chi connectivity index (χ1) is 4.18. The fourth-order valence-corrected chi connectivity index (χ4v) is 0.327. The van der Waals surface area contributed by atoms with Crippen LogP contribution in [0.4, 0.5) is 0 Å². The molecule has 0 aromatic carbocycles. The van der Waals surface area contributed by atoms with E-state index in [1.54, 1.807) is 11.0 Å². The van der Waals surface area contributed by atoms with Gasteiger partial charge in [-0.2, -0.15) is 0 Å². The van der Waals surface area contributed by atoms with Crippen molar-refractivity contribution in [2.75, 3.05) is 20.7 Å². The number of rotatable bonds is 2. The van der Waals surface area contributed by atoms with E-state index in [0.29, 0.717) is 11.8 Å². The topological polar surface area (TPSA) is 12.5 Å². The average molecular weight is 145 g/mol. The Bertz CT molecular complexity index is 112. The van der Waals surface area contributed by atoms with Gasteiger partial charge in [-0.3, -0.25) is 0 Å². The highest BCUT2D eigenvalue weighted by Gasteiger charge is 1.94. The Morgan fingerprint density at radius 1 is 1.78 bits per heavy atom. The van der Waals surface area contributed by atoms with Crippen molar-refractivity contribution < 1.29 is 4.74 Å². The Hall–Kier alpha value is -0.570. The van der Waals surface area contributed by atoms with Crippen LogP contribution < -0.4 is 0 Å². The normalized spacial score (nSPS) is 8.22. The molecule has 0 aliphatic carbocycles. The fraction of sp³-hybridized carbons (Fsp3) is 0.500. The molecule has 0 amide bonds. The smallest absolute Gasteiger partial charge is 0.259 e. The summed E-state index contributed by atoms with van der Waals surface area (Å²) in [6, 6.07) is 0. The molecule has 0 N–H and O–H groups in total. The third kappa shape index (κ3) is 3.97. The standard InChI is InChI=1S/C6H11NOS/c1-4-5-8-6(9)7(2)3/h4H,1,5H2,2-3H3. The summed E-state index contributed by atoms with van der Waals surface area (Å²) in [6.07, 6.45) is 1.66. The lowest BCUT2D eigenvalue weighted by Gasteiger charge is -2.12. The predicted octanol–water partition coefficient (Wildman–Crippen LogP) is 1.04. The van der Waals surface area contributed by atoms with Gasteiger partial charge in [0.1, 0.15) is 6.61 Å². The van der Waals surface area contributed by atoms with Gasteiger partial charge >= 0.3 is 0 Å². The molecule has 0 bridgehead atoms. The van der Waals surface area contributed by atoms with Crippen LogP contribution in [0.1, 0.15) is 0 Å². The molecule has 0 saturated heterocycles. The lowest BCUT2D eigenvalue weighted by atomic mass is 10.7. The Balaban J connectivity index is 3.38. The zero-order valence-corrected chi connectivity index (χ0v) is 6.57. The molecule has 0 atom stereocenters. The zero-order chi connectivity index (χ0) is 7.28. The van der Waals surface area contributed by atoms with Crippen molar-refractivity contribution in [3.8, 4) is 0 Å². The van der Waals surface area contributed by atoms with E-state index >= 15 is 0 Å². The maximum Gasteiger partial charge on any atom is 0.259 e. The van der Waals surface area contributed by atoms with Crippen LogP contribution in [0.25, 0.3) is 0 Å². The summed E-state index contributed by atoms with van der Waals surface area (Å²) in [4.78, 5) is 1.73. The molecule has 0 saturated carbocycles. The lowest BCUT2D eigenvalue weighted by Crippen LogP contribution is -2.22. The van der Waals surface area contributed by atoms with Crippen molar-refractivity contribution in [1.29, 1.82) is 0 Å². The molecule has 0 aromatic rings. The summed E-state index contributed by atoms with van der Waals surface area (Å²) in [6.45, 7) is 3.97. The molecule has 0 rings (SSSR count). The molecule has 0 fully saturated rings. The van der Waals surface area contributed by atoms with E-state index in [1.807, 2.05) is 14.1 Å². The molecule has 0 aliphatic rings. The van der Waals surface area contributed by atoms with E-state index in [4.69, 9.17) is 17.0 Å². The van der Waals surface area contributed by atoms with Crippen LogP contribution in [-0.2, 0) is 4.74 Å². The van der Waals surface area contributed by atoms with Gasteiger partial charge in [0.05, 0.1) is 0 Å². The van der Waals surface area contributed by atoms with Crippen molar-refractivity contribution in [2.45, 2.75) is 0 Å². The maximum absolute atomic E-state index is 4.99. The van der Waals surface area contributed by atoms with E-state index in [1.165, 1.54) is 0 Å². The summed E-state index contributed by atoms with van der Waals surface area (Å²) in [5, 5.41) is 0.495. The highest BCUT2D eigenvalue weighted by molar-refractivity contribution is 7.80. The predicted molar refractivity (Wildman–Crippen MR) is 42.4 cm³/mol. The van der Waals surface area contributed by atoms with E-state index in [-0.39, 0.29) is 0 Å². The third-order valence-electron chi connectivity index (χ3n) is 0.690. The van der Waals surface area contributed by atoms with Gasteiger partial charge in [0.25, 0.3) is 5.17 Å². The SMILES string of the molecule is C=CCOC(=S)N(C)C. The van der Waals surface area contributed by atoms with Gasteiger partial charge in [0.2, 0.25) is 0 Å². The minimum absolute atomic E-state index is 0.483. The van der Waals surface area contributed by atoms with Crippen molar-refractivity contribution in [1.82, 2.24) is 4.90 Å². The van der Waals surface area contributed by atoms with E-state index < -0.39 is 0 Å². The highest BCUT2D eigenvalue weighted by atomic mass is 32.1. The molecule has 0 radical (unpaired) electrons. The first-order valence-electron chi connectivity index (χ1n) is 2.63. The van der Waals surface area contributed by atoms with Crippen LogP contribution in [0.5, 0.6) is 0 Å². The van der Waals surface area contributed by atoms with Gasteiger partial charge in [-0.25, -0.2) is 0 Å². The minimum atomic E-state index is 0.483. The Morgan fingerprint density at radius 3 is 2.67 bits per heavy atom. The highest BCUT2D eigenvalue weighted by Crippen LogP contribution is 1.85. The number of nitrogens with zero attached hydrogens (tertiary/aromatic N) is 1. The summed E-state index contributed by atoms with van der Waals surface area (Å²) in [5.74, 6) is 0. The second kappa shape index (κ2) is 4.32. The maximum atomic E-state index is 4.99. The molecule has 52 valence electrons. The van der Waals surface area contributed by atoms with E-state index in [9.17, 15) is 0 Å². The van der Waals surface area contributed by atoms with Crippen LogP contribution in [-0.4, -0.2) is 30.8 Å². The molecule has 0 unspecified atom stereocenters. The van der Waals surface area contributed by atoms with Gasteiger partial charge in [0.15, 0.2) is 0 Å². The molecule has 0 aliphatic heterocycles. The Labute approximate surface area is 61.1 Å². The molecule has 9 heavy (non-hydrogen) atoms. The molecule has 3 heteroatoms. The van der Waals surface area contributed by atoms with Crippen LogP contribution in [0, 0.1) is 0 Å².